The van der Waals surface area contributed by atoms with Crippen molar-refractivity contribution in [3.05, 3.63) is 12.2 Å². The lowest BCUT2D eigenvalue weighted by Crippen LogP contribution is -2.22. The molecular weight excluding hydrogens is 280 g/mol. The van der Waals surface area contributed by atoms with E-state index < -0.39 is 16.3 Å². The van der Waals surface area contributed by atoms with E-state index in [4.69, 9.17) is 10.2 Å². The summed E-state index contributed by atoms with van der Waals surface area (Å²) in [6.45, 7) is 7.97. The average molecular weight is 297 g/mol. The molecule has 0 fully saturated rings. The lowest BCUT2D eigenvalue weighted by Gasteiger charge is -2.06. The van der Waals surface area contributed by atoms with Crippen molar-refractivity contribution in [2.45, 2.75) is 25.1 Å². The van der Waals surface area contributed by atoms with Crippen molar-refractivity contribution in [3.63, 3.8) is 0 Å². The van der Waals surface area contributed by atoms with Crippen LogP contribution in [0.5, 0.6) is 0 Å². The molecule has 16 heavy (non-hydrogen) atoms. The predicted molar refractivity (Wildman–Crippen MR) is 63.5 cm³/mol. The van der Waals surface area contributed by atoms with E-state index in [-0.39, 0.29) is 13.2 Å². The minimum absolute atomic E-state index is 0.0473. The molecule has 0 aromatic heterocycles. The molecule has 0 aromatic rings. The Labute approximate surface area is 103 Å². The summed E-state index contributed by atoms with van der Waals surface area (Å²) in [6, 6.07) is 0. The van der Waals surface area contributed by atoms with Crippen LogP contribution >= 0.6 is 15.9 Å². The van der Waals surface area contributed by atoms with Crippen LogP contribution < -0.4 is 0 Å². The van der Waals surface area contributed by atoms with Crippen LogP contribution in [0.3, 0.4) is 0 Å². The lowest BCUT2D eigenvalue weighted by molar-refractivity contribution is -0.140. The summed E-state index contributed by atoms with van der Waals surface area (Å²) in [4.78, 5) is 20.4. The van der Waals surface area contributed by atoms with Gasteiger partial charge in [-0.1, -0.05) is 22.5 Å². The average Bonchev–Trinajstić information content (AvgIpc) is 2.13. The van der Waals surface area contributed by atoms with Gasteiger partial charge in [0.2, 0.25) is 0 Å². The van der Waals surface area contributed by atoms with E-state index in [0.717, 1.165) is 0 Å². The van der Waals surface area contributed by atoms with Gasteiger partial charge in [-0.25, -0.2) is 4.79 Å². The number of esters is 1. The van der Waals surface area contributed by atoms with Crippen LogP contribution in [0.25, 0.3) is 0 Å². The number of carboxylic acids is 1. The quantitative estimate of drug-likeness (QED) is 0.465. The zero-order valence-corrected chi connectivity index (χ0v) is 11.2. The predicted octanol–water partition coefficient (Wildman–Crippen LogP) is 1.34. The molecule has 0 aliphatic carbocycles. The lowest BCUT2D eigenvalue weighted by atomic mass is 10.2. The molecule has 0 spiro atoms. The molecule has 0 aliphatic heterocycles. The molecule has 0 saturated heterocycles. The molecule has 0 amide bonds. The molecule has 0 aliphatic rings. The summed E-state index contributed by atoms with van der Waals surface area (Å²) in [5.41, 5.74) is 0.350. The van der Waals surface area contributed by atoms with Crippen molar-refractivity contribution < 1.29 is 24.5 Å². The van der Waals surface area contributed by atoms with E-state index in [1.807, 2.05) is 0 Å². The van der Waals surface area contributed by atoms with Gasteiger partial charge >= 0.3 is 11.9 Å². The maximum atomic E-state index is 10.5. The van der Waals surface area contributed by atoms with E-state index in [1.165, 1.54) is 0 Å². The summed E-state index contributed by atoms with van der Waals surface area (Å²) in [7, 11) is 0. The van der Waals surface area contributed by atoms with Crippen LogP contribution in [-0.4, -0.2) is 39.7 Å². The van der Waals surface area contributed by atoms with Gasteiger partial charge in [0, 0.05) is 5.57 Å². The Morgan fingerprint density at radius 3 is 2.00 bits per heavy atom. The highest BCUT2D eigenvalue weighted by molar-refractivity contribution is 9.10. The molecule has 0 saturated carbocycles. The van der Waals surface area contributed by atoms with E-state index in [2.05, 4.69) is 27.2 Å². The maximum absolute atomic E-state index is 10.5. The van der Waals surface area contributed by atoms with Gasteiger partial charge in [-0.05, 0) is 20.8 Å². The molecule has 0 radical (unpaired) electrons. The molecule has 2 N–H and O–H groups in total. The van der Waals surface area contributed by atoms with Crippen LogP contribution in [0.4, 0.5) is 0 Å². The normalized spacial score (nSPS) is 9.81. The fourth-order valence-corrected chi connectivity index (χ4v) is 0.262. The first-order valence-corrected chi connectivity index (χ1v) is 5.28. The molecule has 94 valence electrons. The van der Waals surface area contributed by atoms with Crippen molar-refractivity contribution >= 4 is 27.9 Å². The molecule has 6 heteroatoms. The zero-order chi connectivity index (χ0) is 13.4. The molecule has 0 aromatic carbocycles. The summed E-state index contributed by atoms with van der Waals surface area (Å²) in [5, 5.41) is 16.4. The van der Waals surface area contributed by atoms with E-state index in [0.29, 0.717) is 5.57 Å². The van der Waals surface area contributed by atoms with Gasteiger partial charge in [0.15, 0.2) is 0 Å². The smallest absolute Gasteiger partial charge is 0.333 e. The van der Waals surface area contributed by atoms with Crippen LogP contribution in [0, 0.1) is 0 Å². The highest BCUT2D eigenvalue weighted by Gasteiger charge is 2.21. The topological polar surface area (TPSA) is 83.8 Å². The van der Waals surface area contributed by atoms with Crippen LogP contribution in [-0.2, 0) is 14.3 Å². The number of halogens is 1. The Morgan fingerprint density at radius 2 is 1.81 bits per heavy atom. The van der Waals surface area contributed by atoms with Crippen LogP contribution in [0.2, 0.25) is 0 Å². The fraction of sp³-hybridized carbons (Fsp3) is 0.600. The number of rotatable bonds is 4. The third kappa shape index (κ3) is 11.2. The second-order valence-corrected chi connectivity index (χ2v) is 5.40. The summed E-state index contributed by atoms with van der Waals surface area (Å²) < 4.78 is 3.69. The Balaban J connectivity index is 0. The summed E-state index contributed by atoms with van der Waals surface area (Å²) in [6.07, 6.45) is 0. The number of hydrogen-bond donors (Lipinski definition) is 2. The van der Waals surface area contributed by atoms with Gasteiger partial charge in [0.1, 0.15) is 10.9 Å². The first-order valence-electron chi connectivity index (χ1n) is 4.48. The largest absolute Gasteiger partial charge is 0.480 e. The van der Waals surface area contributed by atoms with Crippen molar-refractivity contribution in [1.82, 2.24) is 0 Å². The molecule has 0 unspecified atom stereocenters. The number of carbonyl (C=O) groups is 2. The van der Waals surface area contributed by atoms with Crippen molar-refractivity contribution in [2.75, 3.05) is 13.2 Å². The van der Waals surface area contributed by atoms with E-state index in [1.54, 1.807) is 20.8 Å². The van der Waals surface area contributed by atoms with Gasteiger partial charge in [-0.15, -0.1) is 0 Å². The van der Waals surface area contributed by atoms with Crippen LogP contribution in [0.15, 0.2) is 12.2 Å². The Kier molecular flexibility index (Phi) is 9.08. The van der Waals surface area contributed by atoms with E-state index in [9.17, 15) is 9.59 Å². The second-order valence-electron chi connectivity index (χ2n) is 3.42. The fourth-order valence-electron chi connectivity index (χ4n) is 0.262. The summed E-state index contributed by atoms with van der Waals surface area (Å²) in [5.74, 6) is -1.29. The standard InChI is InChI=1S/C6H10O3.C4H7BrO2/c1-5(2)6(8)9-4-3-7;1-4(2,5)3(6)7/h7H,1,3-4H2,2H3;1-2H3,(H,6,7). The molecule has 0 rings (SSSR count). The van der Waals surface area contributed by atoms with Gasteiger partial charge in [0.05, 0.1) is 6.61 Å². The molecule has 0 bridgehead atoms. The second kappa shape index (κ2) is 8.29. The van der Waals surface area contributed by atoms with Crippen molar-refractivity contribution in [3.8, 4) is 0 Å². The van der Waals surface area contributed by atoms with Gasteiger partial charge in [0.25, 0.3) is 0 Å². The molecule has 0 atom stereocenters. The Hall–Kier alpha value is -0.880. The minimum atomic E-state index is -0.840. The maximum Gasteiger partial charge on any atom is 0.333 e. The Morgan fingerprint density at radius 1 is 1.44 bits per heavy atom. The highest BCUT2D eigenvalue weighted by atomic mass is 79.9. The molecule has 5 nitrogen and oxygen atoms in total. The third-order valence-corrected chi connectivity index (χ3v) is 1.52. The number of carbonyl (C=O) groups excluding carboxylic acids is 1. The van der Waals surface area contributed by atoms with Crippen molar-refractivity contribution in [2.24, 2.45) is 0 Å². The molecular formula is C10H17BrO5. The Bertz CT molecular complexity index is 254. The monoisotopic (exact) mass is 296 g/mol. The van der Waals surface area contributed by atoms with Gasteiger partial charge in [-0.2, -0.15) is 0 Å². The number of ether oxygens (including phenoxy) is 1. The SMILES string of the molecule is C=C(C)C(=O)OCCO.CC(C)(Br)C(=O)O. The number of alkyl halides is 1. The number of aliphatic carboxylic acids is 1. The summed E-state index contributed by atoms with van der Waals surface area (Å²) >= 11 is 2.94. The highest BCUT2D eigenvalue weighted by Crippen LogP contribution is 2.14. The number of hydrogen-bond acceptors (Lipinski definition) is 4. The van der Waals surface area contributed by atoms with Crippen LogP contribution in [0.1, 0.15) is 20.8 Å². The van der Waals surface area contributed by atoms with Gasteiger partial charge in [-0.3, -0.25) is 4.79 Å². The molecule has 0 heterocycles. The van der Waals surface area contributed by atoms with E-state index >= 15 is 0 Å². The van der Waals surface area contributed by atoms with Gasteiger partial charge < -0.3 is 14.9 Å². The first-order chi connectivity index (χ1) is 7.12. The third-order valence-electron chi connectivity index (χ3n) is 1.18. The number of carboxylic acid groups (broad SMARTS) is 1. The minimum Gasteiger partial charge on any atom is -0.480 e. The number of aliphatic hydroxyl groups is 1. The first kappa shape index (κ1) is 17.5. The zero-order valence-electron chi connectivity index (χ0n) is 9.62. The van der Waals surface area contributed by atoms with Crippen molar-refractivity contribution in [1.29, 1.82) is 0 Å². The number of aliphatic hydroxyl groups excluding tert-OH is 1.